The Morgan fingerprint density at radius 1 is 1.09 bits per heavy atom. The Labute approximate surface area is 211 Å². The van der Waals surface area contributed by atoms with E-state index < -0.39 is 6.04 Å². The second-order valence-electron chi connectivity index (χ2n) is 13.0. The van der Waals surface area contributed by atoms with Gasteiger partial charge in [-0.05, 0) is 101 Å². The normalized spacial score (nSPS) is 37.3. The molecule has 4 aliphatic rings. The van der Waals surface area contributed by atoms with Gasteiger partial charge in [0.25, 0.3) is 0 Å². The summed E-state index contributed by atoms with van der Waals surface area (Å²) in [6, 6.07) is -0.595. The van der Waals surface area contributed by atoms with Crippen molar-refractivity contribution in [1.29, 1.82) is 0 Å². The Kier molecular flexibility index (Phi) is 7.53. The first kappa shape index (κ1) is 26.4. The molecule has 0 aromatic rings. The molecule has 0 aromatic heterocycles. The third kappa shape index (κ3) is 5.10. The largest absolute Gasteiger partial charge is 0.460 e. The monoisotopic (exact) mass is 486 g/mol. The van der Waals surface area contributed by atoms with E-state index in [0.717, 1.165) is 44.9 Å². The standard InChI is InChI=1S/C29H46N2O4/c1-18(2)15-24(30-26(33)17-31(5)6)27(34)35-25-10-9-22-21-8-7-19-16-20(32)11-13-28(19,3)23(21)12-14-29(22,25)4/h16,18,21-25H,7-15,17H2,1-6H3,(H,30,33). The highest BCUT2D eigenvalue weighted by molar-refractivity contribution is 5.91. The molecule has 3 saturated carbocycles. The third-order valence-electron chi connectivity index (χ3n) is 9.92. The van der Waals surface area contributed by atoms with Crippen molar-refractivity contribution in [2.24, 2.45) is 34.5 Å². The fourth-order valence-electron chi connectivity index (χ4n) is 8.14. The summed E-state index contributed by atoms with van der Waals surface area (Å²) in [5, 5.41) is 2.93. The minimum Gasteiger partial charge on any atom is -0.460 e. The lowest BCUT2D eigenvalue weighted by Crippen LogP contribution is -2.52. The van der Waals surface area contributed by atoms with Crippen molar-refractivity contribution in [3.8, 4) is 0 Å². The molecule has 3 fully saturated rings. The molecule has 0 spiro atoms. The van der Waals surface area contributed by atoms with Crippen LogP contribution in [-0.4, -0.2) is 55.3 Å². The molecule has 7 unspecified atom stereocenters. The van der Waals surface area contributed by atoms with Gasteiger partial charge >= 0.3 is 5.97 Å². The Morgan fingerprint density at radius 3 is 2.51 bits per heavy atom. The first-order chi connectivity index (χ1) is 16.4. The van der Waals surface area contributed by atoms with E-state index in [1.54, 1.807) is 0 Å². The number of nitrogens with one attached hydrogen (secondary N) is 1. The minimum atomic E-state index is -0.595. The predicted molar refractivity (Wildman–Crippen MR) is 137 cm³/mol. The van der Waals surface area contributed by atoms with Crippen LogP contribution in [0.3, 0.4) is 0 Å². The molecular formula is C29H46N2O4. The highest BCUT2D eigenvalue weighted by atomic mass is 16.5. The summed E-state index contributed by atoms with van der Waals surface area (Å²) in [5.74, 6) is 1.99. The molecule has 0 radical (unpaired) electrons. The van der Waals surface area contributed by atoms with Crippen LogP contribution in [0.4, 0.5) is 0 Å². The predicted octanol–water partition coefficient (Wildman–Crippen LogP) is 4.52. The molecule has 6 heteroatoms. The highest BCUT2D eigenvalue weighted by Crippen LogP contribution is 2.65. The number of ketones is 1. The number of fused-ring (bicyclic) bond motifs is 5. The zero-order valence-corrected chi connectivity index (χ0v) is 22.7. The van der Waals surface area contributed by atoms with Gasteiger partial charge in [0.15, 0.2) is 5.78 Å². The van der Waals surface area contributed by atoms with Crippen LogP contribution in [0, 0.1) is 34.5 Å². The van der Waals surface area contributed by atoms with Gasteiger partial charge in [-0.3, -0.25) is 9.59 Å². The maximum absolute atomic E-state index is 13.3. The van der Waals surface area contributed by atoms with E-state index in [1.807, 2.05) is 25.1 Å². The Morgan fingerprint density at radius 2 is 1.83 bits per heavy atom. The lowest BCUT2D eigenvalue weighted by molar-refractivity contribution is -0.163. The number of rotatable bonds is 7. The fraction of sp³-hybridized carbons (Fsp3) is 0.828. The van der Waals surface area contributed by atoms with Crippen LogP contribution in [0.25, 0.3) is 0 Å². The van der Waals surface area contributed by atoms with Crippen molar-refractivity contribution in [1.82, 2.24) is 10.2 Å². The quantitative estimate of drug-likeness (QED) is 0.536. The molecule has 0 aromatic carbocycles. The molecule has 4 aliphatic carbocycles. The second-order valence-corrected chi connectivity index (χ2v) is 13.0. The van der Waals surface area contributed by atoms with Gasteiger partial charge in [-0.15, -0.1) is 0 Å². The molecule has 0 heterocycles. The highest BCUT2D eigenvalue weighted by Gasteiger charge is 2.60. The van der Waals surface area contributed by atoms with E-state index in [4.69, 9.17) is 4.74 Å². The number of hydrogen-bond donors (Lipinski definition) is 1. The van der Waals surface area contributed by atoms with E-state index >= 15 is 0 Å². The van der Waals surface area contributed by atoms with Crippen LogP contribution in [0.1, 0.15) is 85.5 Å². The number of carbonyl (C=O) groups is 3. The molecule has 196 valence electrons. The summed E-state index contributed by atoms with van der Waals surface area (Å²) in [5.41, 5.74) is 1.55. The second kappa shape index (κ2) is 9.99. The van der Waals surface area contributed by atoms with E-state index in [9.17, 15) is 14.4 Å². The third-order valence-corrected chi connectivity index (χ3v) is 9.92. The van der Waals surface area contributed by atoms with Crippen molar-refractivity contribution in [2.75, 3.05) is 20.6 Å². The Bertz CT molecular complexity index is 880. The maximum Gasteiger partial charge on any atom is 0.328 e. The average molecular weight is 487 g/mol. The molecule has 0 saturated heterocycles. The smallest absolute Gasteiger partial charge is 0.328 e. The Hall–Kier alpha value is -1.69. The van der Waals surface area contributed by atoms with Crippen LogP contribution in [-0.2, 0) is 19.1 Å². The molecule has 35 heavy (non-hydrogen) atoms. The SMILES string of the molecule is CC(C)CC(NC(=O)CN(C)C)C(=O)OC1CCC2C3CCC4=CC(=O)CCC4(C)C3CCC12C. The molecule has 0 aliphatic heterocycles. The zero-order valence-electron chi connectivity index (χ0n) is 22.7. The fourth-order valence-corrected chi connectivity index (χ4v) is 8.14. The van der Waals surface area contributed by atoms with Crippen LogP contribution < -0.4 is 5.32 Å². The topological polar surface area (TPSA) is 75.7 Å². The lowest BCUT2D eigenvalue weighted by atomic mass is 9.47. The van der Waals surface area contributed by atoms with Gasteiger partial charge in [-0.2, -0.15) is 0 Å². The molecule has 7 atom stereocenters. The van der Waals surface area contributed by atoms with Gasteiger partial charge in [-0.1, -0.05) is 33.3 Å². The number of nitrogens with zero attached hydrogens (tertiary/aromatic N) is 1. The van der Waals surface area contributed by atoms with Gasteiger partial charge in [0.05, 0.1) is 6.54 Å². The van der Waals surface area contributed by atoms with Gasteiger partial charge in [-0.25, -0.2) is 4.79 Å². The van der Waals surface area contributed by atoms with E-state index in [-0.39, 0.29) is 41.3 Å². The molecule has 1 N–H and O–H groups in total. The number of likely N-dealkylation sites (N-methyl/N-ethyl adjacent to an activating group) is 1. The number of allylic oxidation sites excluding steroid dienone is 1. The molecule has 0 bridgehead atoms. The number of carbonyl (C=O) groups excluding carboxylic acids is 3. The summed E-state index contributed by atoms with van der Waals surface area (Å²) in [6.45, 7) is 9.15. The van der Waals surface area contributed by atoms with E-state index in [0.29, 0.717) is 36.4 Å². The van der Waals surface area contributed by atoms with E-state index in [1.165, 1.54) is 5.57 Å². The van der Waals surface area contributed by atoms with Crippen LogP contribution in [0.2, 0.25) is 0 Å². The van der Waals surface area contributed by atoms with Crippen molar-refractivity contribution in [3.63, 3.8) is 0 Å². The Balaban J connectivity index is 1.46. The van der Waals surface area contributed by atoms with Crippen molar-refractivity contribution >= 4 is 17.7 Å². The van der Waals surface area contributed by atoms with Crippen molar-refractivity contribution in [2.45, 2.75) is 97.6 Å². The van der Waals surface area contributed by atoms with Crippen LogP contribution in [0.5, 0.6) is 0 Å². The van der Waals surface area contributed by atoms with Crippen molar-refractivity contribution < 1.29 is 19.1 Å². The summed E-state index contributed by atoms with van der Waals surface area (Å²) in [6.07, 6.45) is 10.5. The van der Waals surface area contributed by atoms with Gasteiger partial charge in [0.1, 0.15) is 12.1 Å². The number of hydrogen-bond acceptors (Lipinski definition) is 5. The van der Waals surface area contributed by atoms with Gasteiger partial charge in [0.2, 0.25) is 5.91 Å². The summed E-state index contributed by atoms with van der Waals surface area (Å²) in [4.78, 5) is 39.6. The molecular weight excluding hydrogens is 440 g/mol. The number of esters is 1. The summed E-state index contributed by atoms with van der Waals surface area (Å²) >= 11 is 0. The minimum absolute atomic E-state index is 0.00504. The first-order valence-corrected chi connectivity index (χ1v) is 13.8. The van der Waals surface area contributed by atoms with Crippen molar-refractivity contribution in [3.05, 3.63) is 11.6 Å². The number of ether oxygens (including phenoxy) is 1. The van der Waals surface area contributed by atoms with Gasteiger partial charge < -0.3 is 15.0 Å². The average Bonchev–Trinajstić information content (AvgIpc) is 3.09. The summed E-state index contributed by atoms with van der Waals surface area (Å²) < 4.78 is 6.25. The molecule has 1 amide bonds. The van der Waals surface area contributed by atoms with Crippen LogP contribution >= 0.6 is 0 Å². The first-order valence-electron chi connectivity index (χ1n) is 13.8. The molecule has 4 rings (SSSR count). The maximum atomic E-state index is 13.3. The van der Waals surface area contributed by atoms with Gasteiger partial charge in [0, 0.05) is 11.8 Å². The molecule has 6 nitrogen and oxygen atoms in total. The lowest BCUT2D eigenvalue weighted by Gasteiger charge is -2.57. The van der Waals surface area contributed by atoms with Crippen LogP contribution in [0.15, 0.2) is 11.6 Å². The van der Waals surface area contributed by atoms with E-state index in [2.05, 4.69) is 33.0 Å². The zero-order chi connectivity index (χ0) is 25.5. The summed E-state index contributed by atoms with van der Waals surface area (Å²) in [7, 11) is 3.70. The number of amides is 1.